The molecule has 0 heteroatoms. The average molecular weight is 300 g/mol. The van der Waals surface area contributed by atoms with Crippen LogP contribution in [0.15, 0.2) is 85.5 Å². The summed E-state index contributed by atoms with van der Waals surface area (Å²) in [7, 11) is 0. The third-order valence-corrected chi connectivity index (χ3v) is 3.90. The zero-order chi connectivity index (χ0) is 16.8. The highest BCUT2D eigenvalue weighted by Crippen LogP contribution is 2.29. The molecular formula is C23H24. The van der Waals surface area contributed by atoms with E-state index in [1.54, 1.807) is 0 Å². The molecule has 0 bridgehead atoms. The number of hydrogen-bond donors (Lipinski definition) is 0. The summed E-state index contributed by atoms with van der Waals surface area (Å²) >= 11 is 0. The summed E-state index contributed by atoms with van der Waals surface area (Å²) in [5.41, 5.74) is 7.87. The van der Waals surface area contributed by atoms with E-state index < -0.39 is 0 Å². The third kappa shape index (κ3) is 3.98. The standard InChI is InChI=1S/C23H24/c1-6-11-20(7-2)18(4)22-14-17(3)15-23(16-22)19(5)21-12-9-8-10-13-21/h6-16H,4-5H2,1-3H3/b11-6-,20-7+. The quantitative estimate of drug-likeness (QED) is 0.546. The van der Waals surface area contributed by atoms with E-state index in [-0.39, 0.29) is 0 Å². The Morgan fingerprint density at radius 3 is 2.13 bits per heavy atom. The average Bonchev–Trinajstić information content (AvgIpc) is 2.58. The van der Waals surface area contributed by atoms with Crippen LogP contribution in [0.1, 0.15) is 36.1 Å². The second-order valence-corrected chi connectivity index (χ2v) is 5.65. The lowest BCUT2D eigenvalue weighted by Crippen LogP contribution is -1.93. The summed E-state index contributed by atoms with van der Waals surface area (Å²) < 4.78 is 0. The summed E-state index contributed by atoms with van der Waals surface area (Å²) in [4.78, 5) is 0. The molecule has 0 aliphatic heterocycles. The first kappa shape index (κ1) is 16.8. The molecule has 0 heterocycles. The number of benzene rings is 2. The second kappa shape index (κ2) is 7.60. The smallest absolute Gasteiger partial charge is 0.0175 e. The van der Waals surface area contributed by atoms with E-state index in [0.29, 0.717) is 0 Å². The van der Waals surface area contributed by atoms with E-state index >= 15 is 0 Å². The fourth-order valence-electron chi connectivity index (χ4n) is 2.65. The molecule has 0 aliphatic carbocycles. The summed E-state index contributed by atoms with van der Waals surface area (Å²) in [6.45, 7) is 14.7. The van der Waals surface area contributed by atoms with Crippen molar-refractivity contribution >= 4 is 11.1 Å². The molecule has 23 heavy (non-hydrogen) atoms. The zero-order valence-electron chi connectivity index (χ0n) is 14.3. The van der Waals surface area contributed by atoms with Crippen LogP contribution in [-0.4, -0.2) is 0 Å². The Kier molecular flexibility index (Phi) is 5.54. The summed E-state index contributed by atoms with van der Waals surface area (Å²) in [5, 5.41) is 0. The monoisotopic (exact) mass is 300 g/mol. The highest BCUT2D eigenvalue weighted by Gasteiger charge is 2.08. The summed E-state index contributed by atoms with van der Waals surface area (Å²) in [6, 6.07) is 16.8. The van der Waals surface area contributed by atoms with Gasteiger partial charge < -0.3 is 0 Å². The van der Waals surface area contributed by atoms with Crippen LogP contribution in [0.2, 0.25) is 0 Å². The van der Waals surface area contributed by atoms with Gasteiger partial charge in [0, 0.05) is 0 Å². The second-order valence-electron chi connectivity index (χ2n) is 5.65. The van der Waals surface area contributed by atoms with E-state index in [2.05, 4.69) is 62.6 Å². The molecule has 0 fully saturated rings. The van der Waals surface area contributed by atoms with Gasteiger partial charge in [-0.3, -0.25) is 0 Å². The number of hydrogen-bond acceptors (Lipinski definition) is 0. The van der Waals surface area contributed by atoms with Gasteiger partial charge in [-0.25, -0.2) is 0 Å². The topological polar surface area (TPSA) is 0 Å². The lowest BCUT2D eigenvalue weighted by Gasteiger charge is -2.13. The Bertz CT molecular complexity index is 771. The Hall–Kier alpha value is -2.60. The van der Waals surface area contributed by atoms with E-state index in [1.807, 2.05) is 38.1 Å². The predicted molar refractivity (Wildman–Crippen MR) is 103 cm³/mol. The highest BCUT2D eigenvalue weighted by molar-refractivity contribution is 5.84. The molecular weight excluding hydrogens is 276 g/mol. The van der Waals surface area contributed by atoms with Crippen molar-refractivity contribution in [2.45, 2.75) is 20.8 Å². The van der Waals surface area contributed by atoms with Gasteiger partial charge in [-0.05, 0) is 65.8 Å². The maximum absolute atomic E-state index is 4.28. The normalized spacial score (nSPS) is 11.7. The van der Waals surface area contributed by atoms with E-state index in [4.69, 9.17) is 0 Å². The van der Waals surface area contributed by atoms with Gasteiger partial charge in [-0.1, -0.05) is 73.9 Å². The van der Waals surface area contributed by atoms with Crippen molar-refractivity contribution in [1.82, 2.24) is 0 Å². The van der Waals surface area contributed by atoms with Crippen molar-refractivity contribution in [3.63, 3.8) is 0 Å². The molecule has 116 valence electrons. The van der Waals surface area contributed by atoms with Crippen LogP contribution < -0.4 is 0 Å². The van der Waals surface area contributed by atoms with Gasteiger partial charge >= 0.3 is 0 Å². The maximum atomic E-state index is 4.28. The molecule has 0 N–H and O–H groups in total. The molecule has 0 saturated carbocycles. The van der Waals surface area contributed by atoms with Crippen LogP contribution in [0.4, 0.5) is 0 Å². The first-order valence-electron chi connectivity index (χ1n) is 7.92. The van der Waals surface area contributed by atoms with E-state index in [9.17, 15) is 0 Å². The molecule has 2 aromatic carbocycles. The fraction of sp³-hybridized carbons (Fsp3) is 0.130. The lowest BCUT2D eigenvalue weighted by molar-refractivity contribution is 1.41. The van der Waals surface area contributed by atoms with Crippen molar-refractivity contribution in [2.24, 2.45) is 0 Å². The number of aryl methyl sites for hydroxylation is 1. The summed E-state index contributed by atoms with van der Waals surface area (Å²) in [5.74, 6) is 0. The number of allylic oxidation sites excluding steroid dienone is 5. The van der Waals surface area contributed by atoms with Gasteiger partial charge in [0.05, 0.1) is 0 Å². The molecule has 2 rings (SSSR count). The van der Waals surface area contributed by atoms with Crippen LogP contribution in [-0.2, 0) is 0 Å². The van der Waals surface area contributed by atoms with Crippen molar-refractivity contribution in [3.05, 3.63) is 108 Å². The molecule has 0 amide bonds. The number of rotatable bonds is 5. The minimum atomic E-state index is 1.04. The Morgan fingerprint density at radius 2 is 1.52 bits per heavy atom. The Labute approximate surface area is 140 Å². The maximum Gasteiger partial charge on any atom is -0.0175 e. The van der Waals surface area contributed by atoms with Crippen molar-refractivity contribution in [2.75, 3.05) is 0 Å². The fourth-order valence-corrected chi connectivity index (χ4v) is 2.65. The first-order chi connectivity index (χ1) is 11.1. The Morgan fingerprint density at radius 1 is 0.870 bits per heavy atom. The Balaban J connectivity index is 2.44. The van der Waals surface area contributed by atoms with E-state index in [1.165, 1.54) is 5.56 Å². The lowest BCUT2D eigenvalue weighted by atomic mass is 9.91. The van der Waals surface area contributed by atoms with Crippen molar-refractivity contribution in [3.8, 4) is 0 Å². The van der Waals surface area contributed by atoms with Crippen LogP contribution in [0.25, 0.3) is 11.1 Å². The van der Waals surface area contributed by atoms with Crippen LogP contribution in [0.3, 0.4) is 0 Å². The molecule has 0 atom stereocenters. The van der Waals surface area contributed by atoms with Crippen LogP contribution >= 0.6 is 0 Å². The SMILES string of the molecule is C=C(C(/C=C\C)=C/C)c1cc(C)cc(C(=C)c2ccccc2)c1. The van der Waals surface area contributed by atoms with E-state index in [0.717, 1.165) is 33.4 Å². The molecule has 0 radical (unpaired) electrons. The van der Waals surface area contributed by atoms with Gasteiger partial charge in [-0.2, -0.15) is 0 Å². The van der Waals surface area contributed by atoms with Crippen molar-refractivity contribution in [1.29, 1.82) is 0 Å². The van der Waals surface area contributed by atoms with Gasteiger partial charge in [0.25, 0.3) is 0 Å². The molecule has 0 unspecified atom stereocenters. The van der Waals surface area contributed by atoms with Crippen molar-refractivity contribution < 1.29 is 0 Å². The first-order valence-corrected chi connectivity index (χ1v) is 7.92. The molecule has 0 spiro atoms. The molecule has 0 aliphatic rings. The third-order valence-electron chi connectivity index (χ3n) is 3.90. The van der Waals surface area contributed by atoms with Gasteiger partial charge in [0.15, 0.2) is 0 Å². The van der Waals surface area contributed by atoms with Gasteiger partial charge in [-0.15, -0.1) is 0 Å². The highest BCUT2D eigenvalue weighted by atomic mass is 14.1. The van der Waals surface area contributed by atoms with Crippen LogP contribution in [0.5, 0.6) is 0 Å². The molecule has 2 aromatic rings. The predicted octanol–water partition coefficient (Wildman–Crippen LogP) is 6.59. The largest absolute Gasteiger partial charge is 0.0906 e. The summed E-state index contributed by atoms with van der Waals surface area (Å²) in [6.07, 6.45) is 6.23. The van der Waals surface area contributed by atoms with Gasteiger partial charge in [0.1, 0.15) is 0 Å². The minimum absolute atomic E-state index is 1.04. The minimum Gasteiger partial charge on any atom is -0.0906 e. The molecule has 0 aromatic heterocycles. The zero-order valence-corrected chi connectivity index (χ0v) is 14.3. The van der Waals surface area contributed by atoms with Gasteiger partial charge in [0.2, 0.25) is 0 Å². The molecule has 0 nitrogen and oxygen atoms in total. The molecule has 0 saturated heterocycles. The van der Waals surface area contributed by atoms with Crippen LogP contribution in [0, 0.1) is 6.92 Å².